The normalized spacial score (nSPS) is 21.6. The van der Waals surface area contributed by atoms with Crippen molar-refractivity contribution in [1.29, 1.82) is 0 Å². The summed E-state index contributed by atoms with van der Waals surface area (Å²) < 4.78 is 13.8. The molecule has 2 rings (SSSR count). The zero-order valence-corrected chi connectivity index (χ0v) is 12.5. The highest BCUT2D eigenvalue weighted by Crippen LogP contribution is 2.25. The Morgan fingerprint density at radius 3 is 3.00 bits per heavy atom. The Balaban J connectivity index is 2.07. The number of nitrogens with one attached hydrogen (secondary N) is 2. The van der Waals surface area contributed by atoms with E-state index in [1.165, 1.54) is 12.1 Å². The molecule has 2 N–H and O–H groups in total. The fourth-order valence-corrected chi connectivity index (χ4v) is 3.04. The standard InChI is InChI=1S/C14H18BrFN2O/c1-9(11-6-5-10(16)8-12(11)15)18-13-4-2-3-7-17-14(13)19/h5-6,8-9,13,18H,2-4,7H2,1H3,(H,17,19). The molecule has 0 radical (unpaired) electrons. The summed E-state index contributed by atoms with van der Waals surface area (Å²) in [6, 6.07) is 4.44. The van der Waals surface area contributed by atoms with Gasteiger partial charge in [-0.3, -0.25) is 10.1 Å². The van der Waals surface area contributed by atoms with Crippen LogP contribution in [0.3, 0.4) is 0 Å². The van der Waals surface area contributed by atoms with E-state index in [9.17, 15) is 9.18 Å². The lowest BCUT2D eigenvalue weighted by atomic mass is 10.1. The average Bonchev–Trinajstić information content (AvgIpc) is 2.55. The fourth-order valence-electron chi connectivity index (χ4n) is 2.34. The van der Waals surface area contributed by atoms with E-state index in [4.69, 9.17) is 0 Å². The molecule has 2 atom stereocenters. The van der Waals surface area contributed by atoms with Crippen LogP contribution in [0.2, 0.25) is 0 Å². The van der Waals surface area contributed by atoms with Gasteiger partial charge >= 0.3 is 0 Å². The molecule has 1 aliphatic rings. The van der Waals surface area contributed by atoms with Crippen LogP contribution in [-0.2, 0) is 4.79 Å². The van der Waals surface area contributed by atoms with E-state index < -0.39 is 0 Å². The third-order valence-electron chi connectivity index (χ3n) is 3.42. The van der Waals surface area contributed by atoms with Crippen LogP contribution < -0.4 is 10.6 Å². The van der Waals surface area contributed by atoms with Crippen molar-refractivity contribution in [1.82, 2.24) is 10.6 Å². The molecule has 0 bridgehead atoms. The zero-order valence-electron chi connectivity index (χ0n) is 10.9. The van der Waals surface area contributed by atoms with Crippen LogP contribution in [0.25, 0.3) is 0 Å². The van der Waals surface area contributed by atoms with Crippen molar-refractivity contribution < 1.29 is 9.18 Å². The molecule has 19 heavy (non-hydrogen) atoms. The Hall–Kier alpha value is -0.940. The van der Waals surface area contributed by atoms with Gasteiger partial charge in [0.05, 0.1) is 6.04 Å². The molecule has 3 nitrogen and oxygen atoms in total. The molecule has 0 saturated carbocycles. The molecule has 2 unspecified atom stereocenters. The van der Waals surface area contributed by atoms with E-state index in [-0.39, 0.29) is 23.8 Å². The minimum atomic E-state index is -0.268. The lowest BCUT2D eigenvalue weighted by Gasteiger charge is -2.22. The predicted octanol–water partition coefficient (Wildman–Crippen LogP) is 2.91. The molecule has 1 amide bonds. The van der Waals surface area contributed by atoms with Crippen LogP contribution in [0.1, 0.15) is 37.8 Å². The highest BCUT2D eigenvalue weighted by Gasteiger charge is 2.23. The summed E-state index contributed by atoms with van der Waals surface area (Å²) in [7, 11) is 0. The van der Waals surface area contributed by atoms with Crippen LogP contribution >= 0.6 is 15.9 Å². The first-order valence-electron chi connectivity index (χ1n) is 6.56. The van der Waals surface area contributed by atoms with Gasteiger partial charge in [0.15, 0.2) is 0 Å². The maximum absolute atomic E-state index is 13.1. The third-order valence-corrected chi connectivity index (χ3v) is 4.10. The van der Waals surface area contributed by atoms with Crippen molar-refractivity contribution in [3.8, 4) is 0 Å². The number of carbonyl (C=O) groups is 1. The highest BCUT2D eigenvalue weighted by molar-refractivity contribution is 9.10. The number of benzene rings is 1. The van der Waals surface area contributed by atoms with Gasteiger partial charge < -0.3 is 5.32 Å². The Kier molecular flexibility index (Phi) is 4.93. The smallest absolute Gasteiger partial charge is 0.237 e. The molecule has 1 heterocycles. The molecule has 1 aliphatic heterocycles. The second-order valence-electron chi connectivity index (χ2n) is 4.89. The Morgan fingerprint density at radius 1 is 1.47 bits per heavy atom. The van der Waals surface area contributed by atoms with Crippen molar-refractivity contribution in [2.45, 2.75) is 38.3 Å². The number of hydrogen-bond donors (Lipinski definition) is 2. The Morgan fingerprint density at radius 2 is 2.26 bits per heavy atom. The average molecular weight is 329 g/mol. The minimum Gasteiger partial charge on any atom is -0.355 e. The van der Waals surface area contributed by atoms with E-state index in [0.29, 0.717) is 0 Å². The number of amides is 1. The van der Waals surface area contributed by atoms with E-state index in [1.54, 1.807) is 6.07 Å². The summed E-state index contributed by atoms with van der Waals surface area (Å²) >= 11 is 3.36. The van der Waals surface area contributed by atoms with Crippen LogP contribution in [0.5, 0.6) is 0 Å². The molecule has 1 aromatic rings. The molecule has 1 aromatic carbocycles. The van der Waals surface area contributed by atoms with E-state index in [0.717, 1.165) is 35.8 Å². The molecule has 1 fully saturated rings. The number of carbonyl (C=O) groups excluding carboxylic acids is 1. The van der Waals surface area contributed by atoms with Gasteiger partial charge in [-0.25, -0.2) is 4.39 Å². The van der Waals surface area contributed by atoms with E-state index in [1.807, 2.05) is 6.92 Å². The molecule has 104 valence electrons. The first-order valence-corrected chi connectivity index (χ1v) is 7.36. The van der Waals surface area contributed by atoms with Gasteiger partial charge in [-0.15, -0.1) is 0 Å². The number of rotatable bonds is 3. The molecule has 0 spiro atoms. The van der Waals surface area contributed by atoms with Gasteiger partial charge in [-0.05, 0) is 43.9 Å². The van der Waals surface area contributed by atoms with Crippen molar-refractivity contribution in [2.75, 3.05) is 6.54 Å². The summed E-state index contributed by atoms with van der Waals surface area (Å²) in [5.41, 5.74) is 0.957. The van der Waals surface area contributed by atoms with Gasteiger partial charge in [-0.1, -0.05) is 22.0 Å². The maximum Gasteiger partial charge on any atom is 0.237 e. The van der Waals surface area contributed by atoms with Crippen LogP contribution in [0, 0.1) is 5.82 Å². The predicted molar refractivity (Wildman–Crippen MR) is 76.3 cm³/mol. The number of halogens is 2. The first kappa shape index (κ1) is 14.5. The monoisotopic (exact) mass is 328 g/mol. The molecule has 5 heteroatoms. The quantitative estimate of drug-likeness (QED) is 0.895. The molecule has 0 aromatic heterocycles. The van der Waals surface area contributed by atoms with Gasteiger partial charge in [0, 0.05) is 17.1 Å². The van der Waals surface area contributed by atoms with Crippen molar-refractivity contribution in [2.24, 2.45) is 0 Å². The SMILES string of the molecule is CC(NC1CCCCNC1=O)c1ccc(F)cc1Br. The van der Waals surface area contributed by atoms with Crippen molar-refractivity contribution in [3.63, 3.8) is 0 Å². The fraction of sp³-hybridized carbons (Fsp3) is 0.500. The van der Waals surface area contributed by atoms with Crippen molar-refractivity contribution in [3.05, 3.63) is 34.1 Å². The second kappa shape index (κ2) is 6.48. The topological polar surface area (TPSA) is 41.1 Å². The highest BCUT2D eigenvalue weighted by atomic mass is 79.9. The lowest BCUT2D eigenvalue weighted by molar-refractivity contribution is -0.123. The summed E-state index contributed by atoms with van der Waals surface area (Å²) in [5, 5.41) is 6.22. The molecule has 1 saturated heterocycles. The summed E-state index contributed by atoms with van der Waals surface area (Å²) in [6.45, 7) is 2.74. The largest absolute Gasteiger partial charge is 0.355 e. The van der Waals surface area contributed by atoms with Crippen molar-refractivity contribution >= 4 is 21.8 Å². The molecular weight excluding hydrogens is 311 g/mol. The molecular formula is C14H18BrFN2O. The van der Waals surface area contributed by atoms with Gasteiger partial charge in [0.2, 0.25) is 5.91 Å². The summed E-state index contributed by atoms with van der Waals surface area (Å²) in [5.74, 6) is -0.211. The first-order chi connectivity index (χ1) is 9.08. The third kappa shape index (κ3) is 3.76. The van der Waals surface area contributed by atoms with Gasteiger partial charge in [0.25, 0.3) is 0 Å². The van der Waals surface area contributed by atoms with Crippen LogP contribution in [0.15, 0.2) is 22.7 Å². The lowest BCUT2D eigenvalue weighted by Crippen LogP contribution is -2.43. The Labute approximate surface area is 121 Å². The zero-order chi connectivity index (χ0) is 13.8. The maximum atomic E-state index is 13.1. The number of hydrogen-bond acceptors (Lipinski definition) is 2. The minimum absolute atomic E-state index is 0.0103. The van der Waals surface area contributed by atoms with E-state index >= 15 is 0 Å². The molecule has 0 aliphatic carbocycles. The van der Waals surface area contributed by atoms with Crippen LogP contribution in [-0.4, -0.2) is 18.5 Å². The van der Waals surface area contributed by atoms with Gasteiger partial charge in [-0.2, -0.15) is 0 Å². The summed E-state index contributed by atoms with van der Waals surface area (Å²) in [4.78, 5) is 11.9. The van der Waals surface area contributed by atoms with E-state index in [2.05, 4.69) is 26.6 Å². The van der Waals surface area contributed by atoms with Crippen LogP contribution in [0.4, 0.5) is 4.39 Å². The summed E-state index contributed by atoms with van der Waals surface area (Å²) in [6.07, 6.45) is 2.90. The second-order valence-corrected chi connectivity index (χ2v) is 5.75. The Bertz CT molecular complexity index is 467. The van der Waals surface area contributed by atoms with Gasteiger partial charge in [0.1, 0.15) is 5.82 Å².